The number of fused-ring (bicyclic) bond motifs is 1. The zero-order valence-corrected chi connectivity index (χ0v) is 25.3. The second-order valence-electron chi connectivity index (χ2n) is 11.4. The van der Waals surface area contributed by atoms with E-state index in [0.717, 1.165) is 22.5 Å². The van der Waals surface area contributed by atoms with Gasteiger partial charge in [0.25, 0.3) is 0 Å². The number of aliphatic imine (C=N–C) groups is 1. The van der Waals surface area contributed by atoms with E-state index in [9.17, 15) is 0 Å². The molecule has 0 fully saturated rings. The maximum atomic E-state index is 5.43. The van der Waals surface area contributed by atoms with Crippen LogP contribution in [0.1, 0.15) is 57.8 Å². The van der Waals surface area contributed by atoms with E-state index in [1.54, 1.807) is 0 Å². The first-order valence-electron chi connectivity index (χ1n) is 15.5. The van der Waals surface area contributed by atoms with Gasteiger partial charge in [-0.15, -0.1) is 0 Å². The quantitative estimate of drug-likeness (QED) is 0.130. The Balaban J connectivity index is 1.59. The molecule has 0 aliphatic rings. The molecule has 45 heavy (non-hydrogen) atoms. The van der Waals surface area contributed by atoms with E-state index in [1.807, 2.05) is 24.4 Å². The molecule has 0 amide bonds. The van der Waals surface area contributed by atoms with Gasteiger partial charge in [0.05, 0.1) is 17.1 Å². The van der Waals surface area contributed by atoms with Gasteiger partial charge in [0.15, 0.2) is 0 Å². The van der Waals surface area contributed by atoms with Crippen molar-refractivity contribution in [2.24, 2.45) is 4.99 Å². The third kappa shape index (κ3) is 5.83. The van der Waals surface area contributed by atoms with Crippen molar-refractivity contribution in [3.05, 3.63) is 215 Å². The van der Waals surface area contributed by atoms with Crippen molar-refractivity contribution < 1.29 is 0 Å². The van der Waals surface area contributed by atoms with E-state index >= 15 is 0 Å². The third-order valence-corrected chi connectivity index (χ3v) is 8.55. The van der Waals surface area contributed by atoms with Gasteiger partial charge < -0.3 is 0 Å². The van der Waals surface area contributed by atoms with E-state index in [0.29, 0.717) is 0 Å². The molecule has 0 spiro atoms. The van der Waals surface area contributed by atoms with Crippen LogP contribution in [0.4, 0.5) is 5.69 Å². The summed E-state index contributed by atoms with van der Waals surface area (Å²) in [6.45, 7) is 2.06. The smallest absolute Gasteiger partial charge is 0.0841 e. The molecule has 0 bridgehead atoms. The van der Waals surface area contributed by atoms with Crippen molar-refractivity contribution in [1.82, 2.24) is 4.98 Å². The first kappa shape index (κ1) is 28.2. The van der Waals surface area contributed by atoms with E-state index in [2.05, 4.69) is 164 Å². The molecule has 6 aromatic carbocycles. The Bertz CT molecular complexity index is 1960. The van der Waals surface area contributed by atoms with Gasteiger partial charge in [-0.05, 0) is 57.8 Å². The summed E-state index contributed by atoms with van der Waals surface area (Å²) in [5.41, 5.74) is 10.2. The highest BCUT2D eigenvalue weighted by Gasteiger charge is 2.27. The molecule has 7 rings (SSSR count). The predicted molar refractivity (Wildman–Crippen MR) is 188 cm³/mol. The second kappa shape index (κ2) is 13.0. The molecule has 2 heteroatoms. The Morgan fingerprint density at radius 2 is 0.889 bits per heavy atom. The summed E-state index contributed by atoms with van der Waals surface area (Å²) in [5, 5.41) is 2.33. The van der Waals surface area contributed by atoms with E-state index in [-0.39, 0.29) is 11.8 Å². The Morgan fingerprint density at radius 3 is 1.36 bits per heavy atom. The molecule has 0 unspecified atom stereocenters. The van der Waals surface area contributed by atoms with Crippen LogP contribution in [-0.2, 0) is 0 Å². The van der Waals surface area contributed by atoms with Gasteiger partial charge >= 0.3 is 0 Å². The fourth-order valence-corrected chi connectivity index (χ4v) is 6.48. The monoisotopic (exact) mass is 578 g/mol. The van der Waals surface area contributed by atoms with Crippen LogP contribution in [0.3, 0.4) is 0 Å². The molecular weight excluding hydrogens is 544 g/mol. The predicted octanol–water partition coefficient (Wildman–Crippen LogP) is 10.7. The van der Waals surface area contributed by atoms with Gasteiger partial charge in [-0.2, -0.15) is 0 Å². The molecule has 0 atom stereocenters. The van der Waals surface area contributed by atoms with Crippen LogP contribution in [0, 0.1) is 0 Å². The molecule has 0 N–H and O–H groups in total. The standard InChI is InChI=1S/C43H34N2/c1-31(40-28-16-17-29-44-40)45-43-37-27-15-14-26-36(37)38(41(32-18-6-2-7-19-32)33-20-8-3-9-21-33)30-39(43)42(34-22-10-4-11-23-34)35-24-12-5-13-25-35/h2-30,41-42H,1H3. The maximum absolute atomic E-state index is 5.43. The number of pyridine rings is 1. The number of rotatable bonds is 8. The zero-order valence-electron chi connectivity index (χ0n) is 25.3. The number of nitrogens with zero attached hydrogens (tertiary/aromatic N) is 2. The van der Waals surface area contributed by atoms with Gasteiger partial charge in [0.2, 0.25) is 0 Å². The maximum Gasteiger partial charge on any atom is 0.0841 e. The topological polar surface area (TPSA) is 25.2 Å². The Kier molecular flexibility index (Phi) is 8.11. The van der Waals surface area contributed by atoms with Crippen LogP contribution in [0.15, 0.2) is 181 Å². The average Bonchev–Trinajstić information content (AvgIpc) is 3.12. The molecule has 0 radical (unpaired) electrons. The van der Waals surface area contributed by atoms with Crippen molar-refractivity contribution >= 4 is 22.2 Å². The molecule has 2 nitrogen and oxygen atoms in total. The van der Waals surface area contributed by atoms with Gasteiger partial charge in [-0.1, -0.05) is 158 Å². The lowest BCUT2D eigenvalue weighted by atomic mass is 9.77. The van der Waals surface area contributed by atoms with Crippen LogP contribution < -0.4 is 0 Å². The normalized spacial score (nSPS) is 11.8. The first-order chi connectivity index (χ1) is 22.3. The minimum atomic E-state index is -0.0294. The van der Waals surface area contributed by atoms with E-state index in [1.165, 1.54) is 38.8 Å². The van der Waals surface area contributed by atoms with Crippen LogP contribution >= 0.6 is 0 Å². The summed E-state index contributed by atoms with van der Waals surface area (Å²) in [6, 6.07) is 60.5. The Hall–Kier alpha value is -5.60. The van der Waals surface area contributed by atoms with E-state index < -0.39 is 0 Å². The van der Waals surface area contributed by atoms with Gasteiger partial charge in [-0.3, -0.25) is 9.98 Å². The lowest BCUT2D eigenvalue weighted by Crippen LogP contribution is -2.09. The summed E-state index contributed by atoms with van der Waals surface area (Å²) >= 11 is 0. The molecule has 7 aromatic rings. The van der Waals surface area contributed by atoms with Crippen LogP contribution in [0.5, 0.6) is 0 Å². The number of hydrogen-bond donors (Lipinski definition) is 0. The molecule has 0 aliphatic heterocycles. The first-order valence-corrected chi connectivity index (χ1v) is 15.5. The van der Waals surface area contributed by atoms with Gasteiger partial charge in [0, 0.05) is 23.4 Å². The minimum Gasteiger partial charge on any atom is -0.255 e. The van der Waals surface area contributed by atoms with Crippen molar-refractivity contribution in [1.29, 1.82) is 0 Å². The molecule has 0 saturated carbocycles. The highest BCUT2D eigenvalue weighted by Crippen LogP contribution is 2.46. The third-order valence-electron chi connectivity index (χ3n) is 8.55. The molecule has 0 saturated heterocycles. The summed E-state index contributed by atoms with van der Waals surface area (Å²) in [4.78, 5) is 10.1. The number of aromatic nitrogens is 1. The Labute approximate surface area is 265 Å². The summed E-state index contributed by atoms with van der Waals surface area (Å²) < 4.78 is 0. The number of hydrogen-bond acceptors (Lipinski definition) is 2. The van der Waals surface area contributed by atoms with Crippen LogP contribution in [0.2, 0.25) is 0 Å². The zero-order chi connectivity index (χ0) is 30.4. The number of benzene rings is 6. The lowest BCUT2D eigenvalue weighted by Gasteiger charge is -2.27. The van der Waals surface area contributed by atoms with E-state index in [4.69, 9.17) is 4.99 Å². The molecule has 1 heterocycles. The fraction of sp³-hybridized carbons (Fsp3) is 0.0698. The Morgan fingerprint density at radius 1 is 0.467 bits per heavy atom. The second-order valence-corrected chi connectivity index (χ2v) is 11.4. The van der Waals surface area contributed by atoms with Crippen molar-refractivity contribution in [3.8, 4) is 0 Å². The SMILES string of the molecule is CC(=Nc1c(C(c2ccccc2)c2ccccc2)cc(C(c2ccccc2)c2ccccc2)c2ccccc12)c1ccccn1. The van der Waals surface area contributed by atoms with Gasteiger partial charge in [0.1, 0.15) is 0 Å². The van der Waals surface area contributed by atoms with Crippen LogP contribution in [-0.4, -0.2) is 10.7 Å². The highest BCUT2D eigenvalue weighted by molar-refractivity contribution is 6.04. The fourth-order valence-electron chi connectivity index (χ4n) is 6.48. The summed E-state index contributed by atoms with van der Waals surface area (Å²) in [5.74, 6) is 0.0106. The molecule has 1 aromatic heterocycles. The van der Waals surface area contributed by atoms with Gasteiger partial charge in [-0.25, -0.2) is 0 Å². The van der Waals surface area contributed by atoms with Crippen molar-refractivity contribution in [2.45, 2.75) is 18.8 Å². The summed E-state index contributed by atoms with van der Waals surface area (Å²) in [6.07, 6.45) is 1.83. The largest absolute Gasteiger partial charge is 0.255 e. The lowest BCUT2D eigenvalue weighted by molar-refractivity contribution is 0.949. The molecular formula is C43H34N2. The minimum absolute atomic E-state index is 0.0294. The molecule has 0 aliphatic carbocycles. The van der Waals surface area contributed by atoms with Crippen LogP contribution in [0.25, 0.3) is 10.8 Å². The molecule has 216 valence electrons. The highest BCUT2D eigenvalue weighted by atomic mass is 14.8. The van der Waals surface area contributed by atoms with Crippen molar-refractivity contribution in [3.63, 3.8) is 0 Å². The van der Waals surface area contributed by atoms with Crippen molar-refractivity contribution in [2.75, 3.05) is 0 Å². The summed E-state index contributed by atoms with van der Waals surface area (Å²) in [7, 11) is 0. The average molecular weight is 579 g/mol.